The van der Waals surface area contributed by atoms with Crippen LogP contribution in [0.15, 0.2) is 29.6 Å². The lowest BCUT2D eigenvalue weighted by Gasteiger charge is -1.99. The molecule has 16 heavy (non-hydrogen) atoms. The Morgan fingerprint density at radius 1 is 1.38 bits per heavy atom. The maximum Gasteiger partial charge on any atom is 0.123 e. The number of rotatable bonds is 3. The van der Waals surface area contributed by atoms with E-state index < -0.39 is 0 Å². The number of hydrogen-bond acceptors (Lipinski definition) is 2. The van der Waals surface area contributed by atoms with E-state index in [2.05, 4.69) is 24.2 Å². The number of thiazole rings is 1. The summed E-state index contributed by atoms with van der Waals surface area (Å²) in [5.74, 6) is 0.274. The molecule has 0 radical (unpaired) electrons. The highest BCUT2D eigenvalue weighted by Gasteiger charge is 2.06. The standard InChI is InChI=1S/C13H14FNS/c1-9(2)12-8-16-13(15-12)7-10-4-3-5-11(14)6-10/h3-6,8-9H,7H2,1-2H3. The van der Waals surface area contributed by atoms with Gasteiger partial charge < -0.3 is 0 Å². The Morgan fingerprint density at radius 3 is 2.81 bits per heavy atom. The molecule has 3 heteroatoms. The molecular formula is C13H14FNS. The number of aromatic nitrogens is 1. The van der Waals surface area contributed by atoms with E-state index in [1.807, 2.05) is 6.07 Å². The van der Waals surface area contributed by atoms with Crippen molar-refractivity contribution >= 4 is 11.3 Å². The number of nitrogens with zero attached hydrogens (tertiary/aromatic N) is 1. The van der Waals surface area contributed by atoms with E-state index in [-0.39, 0.29) is 5.82 Å². The van der Waals surface area contributed by atoms with Crippen LogP contribution >= 0.6 is 11.3 Å². The van der Waals surface area contributed by atoms with Crippen LogP contribution in [0, 0.1) is 5.82 Å². The van der Waals surface area contributed by atoms with Gasteiger partial charge in [-0.15, -0.1) is 11.3 Å². The van der Waals surface area contributed by atoms with Crippen molar-refractivity contribution in [1.29, 1.82) is 0 Å². The van der Waals surface area contributed by atoms with Crippen LogP contribution < -0.4 is 0 Å². The summed E-state index contributed by atoms with van der Waals surface area (Å²) in [5.41, 5.74) is 2.10. The van der Waals surface area contributed by atoms with Crippen molar-refractivity contribution in [1.82, 2.24) is 4.98 Å². The van der Waals surface area contributed by atoms with Gasteiger partial charge in [-0.25, -0.2) is 9.37 Å². The molecule has 0 unspecified atom stereocenters. The molecule has 0 spiro atoms. The van der Waals surface area contributed by atoms with Crippen LogP contribution in [-0.4, -0.2) is 4.98 Å². The second-order valence-corrected chi connectivity index (χ2v) is 5.07. The van der Waals surface area contributed by atoms with Crippen LogP contribution in [0.1, 0.15) is 36.0 Å². The van der Waals surface area contributed by atoms with Crippen molar-refractivity contribution < 1.29 is 4.39 Å². The molecule has 1 heterocycles. The minimum absolute atomic E-state index is 0.182. The van der Waals surface area contributed by atoms with Gasteiger partial charge in [-0.1, -0.05) is 26.0 Å². The van der Waals surface area contributed by atoms with Crippen molar-refractivity contribution in [2.75, 3.05) is 0 Å². The van der Waals surface area contributed by atoms with Crippen molar-refractivity contribution in [3.05, 3.63) is 51.7 Å². The largest absolute Gasteiger partial charge is 0.246 e. The van der Waals surface area contributed by atoms with E-state index >= 15 is 0 Å². The SMILES string of the molecule is CC(C)c1csc(Cc2cccc(F)c2)n1. The minimum atomic E-state index is -0.182. The van der Waals surface area contributed by atoms with Crippen LogP contribution in [-0.2, 0) is 6.42 Å². The predicted molar refractivity (Wildman–Crippen MR) is 65.4 cm³/mol. The van der Waals surface area contributed by atoms with E-state index in [9.17, 15) is 4.39 Å². The van der Waals surface area contributed by atoms with E-state index in [0.717, 1.165) is 22.7 Å². The van der Waals surface area contributed by atoms with Crippen molar-refractivity contribution in [2.45, 2.75) is 26.2 Å². The maximum absolute atomic E-state index is 13.0. The first kappa shape index (κ1) is 11.3. The van der Waals surface area contributed by atoms with Crippen LogP contribution in [0.4, 0.5) is 4.39 Å². The highest BCUT2D eigenvalue weighted by atomic mass is 32.1. The van der Waals surface area contributed by atoms with E-state index in [1.165, 1.54) is 6.07 Å². The highest BCUT2D eigenvalue weighted by Crippen LogP contribution is 2.20. The Labute approximate surface area is 99.0 Å². The van der Waals surface area contributed by atoms with Gasteiger partial charge in [0.05, 0.1) is 10.7 Å². The Bertz CT molecular complexity index is 476. The first-order valence-electron chi connectivity index (χ1n) is 5.34. The molecule has 1 aromatic carbocycles. The summed E-state index contributed by atoms with van der Waals surface area (Å²) in [6.45, 7) is 4.25. The smallest absolute Gasteiger partial charge is 0.123 e. The molecule has 2 aromatic rings. The summed E-state index contributed by atoms with van der Waals surface area (Å²) >= 11 is 1.65. The Morgan fingerprint density at radius 2 is 2.19 bits per heavy atom. The van der Waals surface area contributed by atoms with Gasteiger partial charge in [0, 0.05) is 11.8 Å². The quantitative estimate of drug-likeness (QED) is 0.783. The lowest BCUT2D eigenvalue weighted by molar-refractivity contribution is 0.626. The molecule has 0 aliphatic carbocycles. The van der Waals surface area contributed by atoms with E-state index in [0.29, 0.717) is 5.92 Å². The third-order valence-corrected chi connectivity index (χ3v) is 3.27. The Kier molecular flexibility index (Phi) is 3.34. The lowest BCUT2D eigenvalue weighted by atomic mass is 10.1. The molecule has 0 bridgehead atoms. The first-order valence-corrected chi connectivity index (χ1v) is 6.22. The van der Waals surface area contributed by atoms with E-state index in [1.54, 1.807) is 23.5 Å². The Hall–Kier alpha value is -1.22. The van der Waals surface area contributed by atoms with Gasteiger partial charge in [-0.3, -0.25) is 0 Å². The van der Waals surface area contributed by atoms with Gasteiger partial charge >= 0.3 is 0 Å². The summed E-state index contributed by atoms with van der Waals surface area (Å²) in [5, 5.41) is 3.13. The normalized spacial score (nSPS) is 11.0. The van der Waals surface area contributed by atoms with Crippen LogP contribution in [0.2, 0.25) is 0 Å². The third kappa shape index (κ3) is 2.67. The zero-order valence-electron chi connectivity index (χ0n) is 9.40. The molecule has 0 atom stereocenters. The van der Waals surface area contributed by atoms with Gasteiger partial charge in [0.25, 0.3) is 0 Å². The molecule has 2 rings (SSSR count). The summed E-state index contributed by atoms with van der Waals surface area (Å²) in [6.07, 6.45) is 0.717. The maximum atomic E-state index is 13.0. The van der Waals surface area contributed by atoms with Crippen LogP contribution in [0.5, 0.6) is 0 Å². The first-order chi connectivity index (χ1) is 7.65. The molecule has 0 amide bonds. The fourth-order valence-corrected chi connectivity index (χ4v) is 2.48. The number of benzene rings is 1. The average molecular weight is 235 g/mol. The topological polar surface area (TPSA) is 12.9 Å². The molecule has 0 fully saturated rings. The fourth-order valence-electron chi connectivity index (χ4n) is 1.49. The monoisotopic (exact) mass is 235 g/mol. The highest BCUT2D eigenvalue weighted by molar-refractivity contribution is 7.09. The number of halogens is 1. The van der Waals surface area contributed by atoms with Crippen LogP contribution in [0.25, 0.3) is 0 Å². The molecule has 0 N–H and O–H groups in total. The molecule has 84 valence electrons. The van der Waals surface area contributed by atoms with Gasteiger partial charge in [-0.05, 0) is 23.6 Å². The number of hydrogen-bond donors (Lipinski definition) is 0. The van der Waals surface area contributed by atoms with Crippen molar-refractivity contribution in [3.8, 4) is 0 Å². The lowest BCUT2D eigenvalue weighted by Crippen LogP contribution is -1.91. The van der Waals surface area contributed by atoms with Crippen molar-refractivity contribution in [3.63, 3.8) is 0 Å². The average Bonchev–Trinajstić information content (AvgIpc) is 2.66. The summed E-state index contributed by atoms with van der Waals surface area (Å²) in [4.78, 5) is 4.53. The fraction of sp³-hybridized carbons (Fsp3) is 0.308. The van der Waals surface area contributed by atoms with Crippen LogP contribution in [0.3, 0.4) is 0 Å². The third-order valence-electron chi connectivity index (χ3n) is 2.41. The molecule has 1 nitrogen and oxygen atoms in total. The molecule has 0 saturated carbocycles. The second kappa shape index (κ2) is 4.74. The molecule has 0 aliphatic heterocycles. The summed E-state index contributed by atoms with van der Waals surface area (Å²) in [6, 6.07) is 6.70. The minimum Gasteiger partial charge on any atom is -0.246 e. The summed E-state index contributed by atoms with van der Waals surface area (Å²) < 4.78 is 13.0. The zero-order chi connectivity index (χ0) is 11.5. The predicted octanol–water partition coefficient (Wildman–Crippen LogP) is 4.00. The summed E-state index contributed by atoms with van der Waals surface area (Å²) in [7, 11) is 0. The van der Waals surface area contributed by atoms with Gasteiger partial charge in [-0.2, -0.15) is 0 Å². The molecule has 0 saturated heterocycles. The van der Waals surface area contributed by atoms with Gasteiger partial charge in [0.15, 0.2) is 0 Å². The van der Waals surface area contributed by atoms with Gasteiger partial charge in [0.1, 0.15) is 5.82 Å². The zero-order valence-corrected chi connectivity index (χ0v) is 10.2. The van der Waals surface area contributed by atoms with Gasteiger partial charge in [0.2, 0.25) is 0 Å². The molecule has 1 aromatic heterocycles. The molecule has 0 aliphatic rings. The van der Waals surface area contributed by atoms with Crippen molar-refractivity contribution in [2.24, 2.45) is 0 Å². The Balaban J connectivity index is 2.14. The second-order valence-electron chi connectivity index (χ2n) is 4.13. The molecular weight excluding hydrogens is 221 g/mol. The van der Waals surface area contributed by atoms with E-state index in [4.69, 9.17) is 0 Å².